The minimum atomic E-state index is 0.647. The van der Waals surface area contributed by atoms with E-state index in [4.69, 9.17) is 9.57 Å². The summed E-state index contributed by atoms with van der Waals surface area (Å²) in [4.78, 5) is 4.76. The third-order valence-electron chi connectivity index (χ3n) is 1.66. The van der Waals surface area contributed by atoms with Gasteiger partial charge in [0.1, 0.15) is 5.75 Å². The molecular weight excluding hydrogens is 234 g/mol. The van der Waals surface area contributed by atoms with Crippen LogP contribution < -0.4 is 10.2 Å². The second kappa shape index (κ2) is 5.21. The molecule has 4 heteroatoms. The van der Waals surface area contributed by atoms with E-state index in [-0.39, 0.29) is 0 Å². The Morgan fingerprint density at radius 2 is 2.15 bits per heavy atom. The van der Waals surface area contributed by atoms with Crippen molar-refractivity contribution < 1.29 is 9.57 Å². The van der Waals surface area contributed by atoms with E-state index in [0.29, 0.717) is 6.54 Å². The molecule has 0 aliphatic rings. The average Bonchev–Trinajstić information content (AvgIpc) is 2.17. The Kier molecular flexibility index (Phi) is 4.21. The molecular formula is C9H12BrNO2. The molecule has 13 heavy (non-hydrogen) atoms. The molecule has 0 fully saturated rings. The zero-order valence-electron chi connectivity index (χ0n) is 7.63. The zero-order chi connectivity index (χ0) is 9.68. The van der Waals surface area contributed by atoms with Gasteiger partial charge in [-0.15, -0.1) is 0 Å². The van der Waals surface area contributed by atoms with Crippen molar-refractivity contribution >= 4 is 15.9 Å². The Bertz CT molecular complexity index is 278. The first-order valence-corrected chi connectivity index (χ1v) is 4.65. The van der Waals surface area contributed by atoms with Crippen molar-refractivity contribution in [1.29, 1.82) is 0 Å². The van der Waals surface area contributed by atoms with Crippen LogP contribution in [0.5, 0.6) is 5.75 Å². The second-order valence-electron chi connectivity index (χ2n) is 2.48. The van der Waals surface area contributed by atoms with Crippen LogP contribution in [0.3, 0.4) is 0 Å². The van der Waals surface area contributed by atoms with Gasteiger partial charge in [-0.2, -0.15) is 5.48 Å². The highest BCUT2D eigenvalue weighted by atomic mass is 79.9. The van der Waals surface area contributed by atoms with Crippen LogP contribution in [0.2, 0.25) is 0 Å². The van der Waals surface area contributed by atoms with E-state index >= 15 is 0 Å². The Hall–Kier alpha value is -0.580. The monoisotopic (exact) mass is 245 g/mol. The van der Waals surface area contributed by atoms with Crippen LogP contribution in [-0.2, 0) is 11.4 Å². The lowest BCUT2D eigenvalue weighted by Crippen LogP contribution is -2.11. The highest BCUT2D eigenvalue weighted by Crippen LogP contribution is 2.22. The molecule has 0 heterocycles. The number of hydroxylamine groups is 1. The maximum atomic E-state index is 5.10. The summed E-state index contributed by atoms with van der Waals surface area (Å²) in [5, 5.41) is 0. The van der Waals surface area contributed by atoms with Gasteiger partial charge in [0.25, 0.3) is 0 Å². The average molecular weight is 246 g/mol. The SMILES string of the molecule is CONCc1cc(OC)ccc1Br. The highest BCUT2D eigenvalue weighted by molar-refractivity contribution is 9.10. The minimum absolute atomic E-state index is 0.647. The lowest BCUT2D eigenvalue weighted by molar-refractivity contribution is 0.0865. The summed E-state index contributed by atoms with van der Waals surface area (Å²) in [5.41, 5.74) is 3.87. The maximum absolute atomic E-state index is 5.10. The van der Waals surface area contributed by atoms with Crippen LogP contribution in [-0.4, -0.2) is 14.2 Å². The Labute approximate surface area is 86.1 Å². The van der Waals surface area contributed by atoms with Gasteiger partial charge in [0.2, 0.25) is 0 Å². The Morgan fingerprint density at radius 1 is 1.38 bits per heavy atom. The molecule has 0 aromatic heterocycles. The van der Waals surface area contributed by atoms with Crippen LogP contribution in [0.15, 0.2) is 22.7 Å². The van der Waals surface area contributed by atoms with Gasteiger partial charge < -0.3 is 9.57 Å². The van der Waals surface area contributed by atoms with Crippen LogP contribution in [0.1, 0.15) is 5.56 Å². The molecule has 0 aliphatic carbocycles. The quantitative estimate of drug-likeness (QED) is 0.825. The predicted molar refractivity (Wildman–Crippen MR) is 54.5 cm³/mol. The van der Waals surface area contributed by atoms with E-state index in [9.17, 15) is 0 Å². The van der Waals surface area contributed by atoms with Crippen LogP contribution in [0.4, 0.5) is 0 Å². The molecule has 1 aromatic carbocycles. The molecule has 1 N–H and O–H groups in total. The van der Waals surface area contributed by atoms with Crippen molar-refractivity contribution in [3.05, 3.63) is 28.2 Å². The van der Waals surface area contributed by atoms with Crippen LogP contribution >= 0.6 is 15.9 Å². The summed E-state index contributed by atoms with van der Waals surface area (Å²) in [7, 11) is 3.24. The van der Waals surface area contributed by atoms with Crippen molar-refractivity contribution in [2.45, 2.75) is 6.54 Å². The normalized spacial score (nSPS) is 10.1. The number of hydrogen-bond donors (Lipinski definition) is 1. The Balaban J connectivity index is 2.78. The molecule has 0 radical (unpaired) electrons. The fourth-order valence-corrected chi connectivity index (χ4v) is 1.35. The van der Waals surface area contributed by atoms with Gasteiger partial charge in [-0.3, -0.25) is 0 Å². The molecule has 1 rings (SSSR count). The van der Waals surface area contributed by atoms with Crippen molar-refractivity contribution in [2.75, 3.05) is 14.2 Å². The third kappa shape index (κ3) is 2.99. The maximum Gasteiger partial charge on any atom is 0.119 e. The van der Waals surface area contributed by atoms with Gasteiger partial charge in [-0.05, 0) is 23.8 Å². The number of rotatable bonds is 4. The lowest BCUT2D eigenvalue weighted by Gasteiger charge is -2.07. The number of halogens is 1. The summed E-state index contributed by atoms with van der Waals surface area (Å²) in [6, 6.07) is 5.81. The fourth-order valence-electron chi connectivity index (χ4n) is 0.963. The number of benzene rings is 1. The highest BCUT2D eigenvalue weighted by Gasteiger charge is 2.00. The van der Waals surface area contributed by atoms with Gasteiger partial charge in [-0.25, -0.2) is 0 Å². The largest absolute Gasteiger partial charge is 0.497 e. The summed E-state index contributed by atoms with van der Waals surface area (Å²) >= 11 is 3.44. The first-order valence-electron chi connectivity index (χ1n) is 3.86. The van der Waals surface area contributed by atoms with Gasteiger partial charge in [-0.1, -0.05) is 15.9 Å². The first kappa shape index (κ1) is 10.5. The van der Waals surface area contributed by atoms with Gasteiger partial charge in [0, 0.05) is 11.0 Å². The molecule has 3 nitrogen and oxygen atoms in total. The third-order valence-corrected chi connectivity index (χ3v) is 2.43. The molecule has 0 amide bonds. The van der Waals surface area contributed by atoms with Crippen molar-refractivity contribution in [3.63, 3.8) is 0 Å². The number of ether oxygens (including phenoxy) is 1. The molecule has 1 aromatic rings. The number of nitrogens with one attached hydrogen (secondary N) is 1. The number of methoxy groups -OCH3 is 1. The predicted octanol–water partition coefficient (Wildman–Crippen LogP) is 2.11. The van der Waals surface area contributed by atoms with Gasteiger partial charge >= 0.3 is 0 Å². The molecule has 0 spiro atoms. The van der Waals surface area contributed by atoms with Gasteiger partial charge in [0.05, 0.1) is 14.2 Å². The standard InChI is InChI=1S/C9H12BrNO2/c1-12-8-3-4-9(10)7(5-8)6-11-13-2/h3-5,11H,6H2,1-2H3. The zero-order valence-corrected chi connectivity index (χ0v) is 9.22. The summed E-state index contributed by atoms with van der Waals surface area (Å²) in [6.07, 6.45) is 0. The smallest absolute Gasteiger partial charge is 0.119 e. The molecule has 0 atom stereocenters. The Morgan fingerprint density at radius 3 is 2.77 bits per heavy atom. The molecule has 0 bridgehead atoms. The molecule has 0 unspecified atom stereocenters. The minimum Gasteiger partial charge on any atom is -0.497 e. The van der Waals surface area contributed by atoms with Crippen molar-refractivity contribution in [2.24, 2.45) is 0 Å². The van der Waals surface area contributed by atoms with Crippen LogP contribution in [0.25, 0.3) is 0 Å². The van der Waals surface area contributed by atoms with E-state index in [2.05, 4.69) is 21.4 Å². The summed E-state index contributed by atoms with van der Waals surface area (Å²) < 4.78 is 6.14. The van der Waals surface area contributed by atoms with Crippen LogP contribution in [0, 0.1) is 0 Å². The van der Waals surface area contributed by atoms with Gasteiger partial charge in [0.15, 0.2) is 0 Å². The van der Waals surface area contributed by atoms with E-state index in [1.165, 1.54) is 0 Å². The molecule has 0 saturated heterocycles. The van der Waals surface area contributed by atoms with Crippen molar-refractivity contribution in [1.82, 2.24) is 5.48 Å². The number of hydrogen-bond acceptors (Lipinski definition) is 3. The molecule has 72 valence electrons. The molecule has 0 aliphatic heterocycles. The van der Waals surface area contributed by atoms with E-state index < -0.39 is 0 Å². The summed E-state index contributed by atoms with van der Waals surface area (Å²) in [6.45, 7) is 0.647. The summed E-state index contributed by atoms with van der Waals surface area (Å²) in [5.74, 6) is 0.844. The second-order valence-corrected chi connectivity index (χ2v) is 3.34. The molecule has 0 saturated carbocycles. The first-order chi connectivity index (χ1) is 6.27. The van der Waals surface area contributed by atoms with Crippen molar-refractivity contribution in [3.8, 4) is 5.75 Å². The van der Waals surface area contributed by atoms with E-state index in [0.717, 1.165) is 15.8 Å². The topological polar surface area (TPSA) is 30.5 Å². The van der Waals surface area contributed by atoms with E-state index in [1.807, 2.05) is 18.2 Å². The lowest BCUT2D eigenvalue weighted by atomic mass is 10.2. The van der Waals surface area contributed by atoms with E-state index in [1.54, 1.807) is 14.2 Å². The fraction of sp³-hybridized carbons (Fsp3) is 0.333.